The molecule has 0 bridgehead atoms. The van der Waals surface area contributed by atoms with Crippen LogP contribution in [0, 0.1) is 5.82 Å². The van der Waals surface area contributed by atoms with Crippen molar-refractivity contribution in [3.63, 3.8) is 0 Å². The molecule has 0 amide bonds. The van der Waals surface area contributed by atoms with Gasteiger partial charge in [0.05, 0.1) is 12.2 Å². The van der Waals surface area contributed by atoms with Crippen LogP contribution in [0.25, 0.3) is 0 Å². The number of hydrogen-bond acceptors (Lipinski definition) is 3. The van der Waals surface area contributed by atoms with Gasteiger partial charge in [-0.2, -0.15) is 0 Å². The molecule has 20 heavy (non-hydrogen) atoms. The van der Waals surface area contributed by atoms with E-state index >= 15 is 0 Å². The summed E-state index contributed by atoms with van der Waals surface area (Å²) in [4.78, 5) is 6.44. The predicted octanol–water partition coefficient (Wildman–Crippen LogP) is 2.97. The number of halogens is 1. The number of rotatable bonds is 6. The zero-order valence-corrected chi connectivity index (χ0v) is 11.9. The van der Waals surface area contributed by atoms with Crippen molar-refractivity contribution in [2.75, 3.05) is 18.5 Å². The molecule has 0 fully saturated rings. The van der Waals surface area contributed by atoms with Gasteiger partial charge in [-0.15, -0.1) is 0 Å². The van der Waals surface area contributed by atoms with Crippen molar-refractivity contribution in [3.8, 4) is 0 Å². The molecule has 0 saturated carbocycles. The molecule has 1 aromatic carbocycles. The van der Waals surface area contributed by atoms with Crippen LogP contribution >= 0.6 is 0 Å². The van der Waals surface area contributed by atoms with E-state index in [0.29, 0.717) is 13.1 Å². The number of benzene rings is 1. The first-order chi connectivity index (χ1) is 9.72. The van der Waals surface area contributed by atoms with E-state index in [1.165, 1.54) is 0 Å². The standard InChI is InChI=1S/C16H20FN3/c1-3-20(12-15-6-4-5-7-19-15)16-9-13(11-18-2)8-14(17)10-16/h4-10,18H,3,11-12H2,1-2H3. The quantitative estimate of drug-likeness (QED) is 0.877. The second-order valence-corrected chi connectivity index (χ2v) is 4.68. The first kappa shape index (κ1) is 14.5. The highest BCUT2D eigenvalue weighted by atomic mass is 19.1. The van der Waals surface area contributed by atoms with E-state index in [4.69, 9.17) is 0 Å². The summed E-state index contributed by atoms with van der Waals surface area (Å²) >= 11 is 0. The Bertz CT molecular complexity index is 543. The van der Waals surface area contributed by atoms with Crippen LogP contribution in [0.15, 0.2) is 42.6 Å². The van der Waals surface area contributed by atoms with E-state index in [1.54, 1.807) is 18.3 Å². The summed E-state index contributed by atoms with van der Waals surface area (Å²) in [5.74, 6) is -0.202. The van der Waals surface area contributed by atoms with Gasteiger partial charge in [0.1, 0.15) is 5.82 Å². The second-order valence-electron chi connectivity index (χ2n) is 4.68. The molecule has 1 heterocycles. The molecule has 106 valence electrons. The number of nitrogens with one attached hydrogen (secondary N) is 1. The molecule has 0 aliphatic carbocycles. The predicted molar refractivity (Wildman–Crippen MR) is 80.1 cm³/mol. The fourth-order valence-electron chi connectivity index (χ4n) is 2.19. The Kier molecular flexibility index (Phi) is 5.07. The third-order valence-electron chi connectivity index (χ3n) is 3.15. The highest BCUT2D eigenvalue weighted by Crippen LogP contribution is 2.20. The third-order valence-corrected chi connectivity index (χ3v) is 3.15. The Balaban J connectivity index is 2.22. The molecule has 0 atom stereocenters. The van der Waals surface area contributed by atoms with E-state index < -0.39 is 0 Å². The maximum absolute atomic E-state index is 13.7. The number of nitrogens with zero attached hydrogens (tertiary/aromatic N) is 2. The smallest absolute Gasteiger partial charge is 0.125 e. The summed E-state index contributed by atoms with van der Waals surface area (Å²) in [5.41, 5.74) is 2.82. The van der Waals surface area contributed by atoms with Crippen LogP contribution in [0.4, 0.5) is 10.1 Å². The van der Waals surface area contributed by atoms with Crippen LogP contribution in [0.5, 0.6) is 0 Å². The van der Waals surface area contributed by atoms with Crippen LogP contribution in [0.2, 0.25) is 0 Å². The number of aromatic nitrogens is 1. The van der Waals surface area contributed by atoms with Gasteiger partial charge in [0.25, 0.3) is 0 Å². The average Bonchev–Trinajstić information content (AvgIpc) is 2.45. The molecule has 0 aliphatic rings. The summed E-state index contributed by atoms with van der Waals surface area (Å²) in [7, 11) is 1.86. The summed E-state index contributed by atoms with van der Waals surface area (Å²) in [6.45, 7) is 4.20. The molecule has 2 rings (SSSR count). The van der Waals surface area contributed by atoms with Crippen LogP contribution in [0.3, 0.4) is 0 Å². The minimum Gasteiger partial charge on any atom is -0.366 e. The van der Waals surface area contributed by atoms with Gasteiger partial charge in [-0.1, -0.05) is 6.07 Å². The van der Waals surface area contributed by atoms with Crippen molar-refractivity contribution >= 4 is 5.69 Å². The van der Waals surface area contributed by atoms with E-state index in [0.717, 1.165) is 23.5 Å². The van der Waals surface area contributed by atoms with Gasteiger partial charge in [0.2, 0.25) is 0 Å². The van der Waals surface area contributed by atoms with Crippen LogP contribution in [-0.2, 0) is 13.1 Å². The molecule has 0 spiro atoms. The van der Waals surface area contributed by atoms with Gasteiger partial charge >= 0.3 is 0 Å². The van der Waals surface area contributed by atoms with Gasteiger partial charge in [0.15, 0.2) is 0 Å². The molecule has 0 radical (unpaired) electrons. The molecule has 1 aromatic heterocycles. The number of anilines is 1. The summed E-state index contributed by atoms with van der Waals surface area (Å²) in [6, 6.07) is 11.0. The zero-order chi connectivity index (χ0) is 14.4. The van der Waals surface area contributed by atoms with Crippen LogP contribution < -0.4 is 10.2 Å². The molecule has 0 aliphatic heterocycles. The maximum atomic E-state index is 13.7. The second kappa shape index (κ2) is 7.01. The Morgan fingerprint density at radius 3 is 2.75 bits per heavy atom. The van der Waals surface area contributed by atoms with Crippen molar-refractivity contribution in [2.45, 2.75) is 20.0 Å². The topological polar surface area (TPSA) is 28.2 Å². The molecule has 4 heteroatoms. The van der Waals surface area contributed by atoms with Gasteiger partial charge in [0, 0.05) is 25.0 Å². The lowest BCUT2D eigenvalue weighted by Crippen LogP contribution is -2.23. The number of hydrogen-bond donors (Lipinski definition) is 1. The largest absolute Gasteiger partial charge is 0.366 e. The van der Waals surface area contributed by atoms with E-state index in [9.17, 15) is 4.39 Å². The van der Waals surface area contributed by atoms with Crippen LogP contribution in [-0.4, -0.2) is 18.6 Å². The van der Waals surface area contributed by atoms with Crippen molar-refractivity contribution < 1.29 is 4.39 Å². The van der Waals surface area contributed by atoms with Crippen molar-refractivity contribution in [2.24, 2.45) is 0 Å². The molecule has 1 N–H and O–H groups in total. The Morgan fingerprint density at radius 2 is 2.10 bits per heavy atom. The summed E-state index contributed by atoms with van der Waals surface area (Å²) in [5, 5.41) is 3.05. The molecule has 0 unspecified atom stereocenters. The molecule has 0 saturated heterocycles. The van der Waals surface area contributed by atoms with Gasteiger partial charge in [-0.05, 0) is 49.9 Å². The monoisotopic (exact) mass is 273 g/mol. The Hall–Kier alpha value is -1.94. The van der Waals surface area contributed by atoms with E-state index in [-0.39, 0.29) is 5.82 Å². The Labute approximate surface area is 119 Å². The maximum Gasteiger partial charge on any atom is 0.125 e. The van der Waals surface area contributed by atoms with Gasteiger partial charge in [-0.3, -0.25) is 4.98 Å². The van der Waals surface area contributed by atoms with Crippen molar-refractivity contribution in [1.29, 1.82) is 0 Å². The summed E-state index contributed by atoms with van der Waals surface area (Å²) < 4.78 is 13.7. The first-order valence-electron chi connectivity index (χ1n) is 6.82. The lowest BCUT2D eigenvalue weighted by atomic mass is 10.1. The molecular weight excluding hydrogens is 253 g/mol. The highest BCUT2D eigenvalue weighted by molar-refractivity contribution is 5.49. The highest BCUT2D eigenvalue weighted by Gasteiger charge is 2.09. The van der Waals surface area contributed by atoms with E-state index in [2.05, 4.69) is 22.1 Å². The lowest BCUT2D eigenvalue weighted by Gasteiger charge is -2.23. The minimum absolute atomic E-state index is 0.202. The van der Waals surface area contributed by atoms with Crippen molar-refractivity contribution in [1.82, 2.24) is 10.3 Å². The van der Waals surface area contributed by atoms with Crippen LogP contribution in [0.1, 0.15) is 18.2 Å². The molecule has 2 aromatic rings. The normalized spacial score (nSPS) is 10.6. The third kappa shape index (κ3) is 3.78. The first-order valence-corrected chi connectivity index (χ1v) is 6.82. The fourth-order valence-corrected chi connectivity index (χ4v) is 2.19. The minimum atomic E-state index is -0.202. The summed E-state index contributed by atoms with van der Waals surface area (Å²) in [6.07, 6.45) is 1.78. The lowest BCUT2D eigenvalue weighted by molar-refractivity contribution is 0.622. The molecular formula is C16H20FN3. The Morgan fingerprint density at radius 1 is 1.25 bits per heavy atom. The van der Waals surface area contributed by atoms with Crippen molar-refractivity contribution in [3.05, 3.63) is 59.7 Å². The van der Waals surface area contributed by atoms with Gasteiger partial charge in [-0.25, -0.2) is 4.39 Å². The fraction of sp³-hybridized carbons (Fsp3) is 0.312. The SMILES string of the molecule is CCN(Cc1ccccn1)c1cc(F)cc(CNC)c1. The zero-order valence-electron chi connectivity index (χ0n) is 11.9. The molecule has 3 nitrogen and oxygen atoms in total. The van der Waals surface area contributed by atoms with E-state index in [1.807, 2.05) is 31.3 Å². The van der Waals surface area contributed by atoms with Gasteiger partial charge < -0.3 is 10.2 Å². The average molecular weight is 273 g/mol. The number of pyridine rings is 1.